The number of aromatic nitrogens is 2. The third-order valence-corrected chi connectivity index (χ3v) is 2.44. The maximum atomic E-state index is 4.62. The van der Waals surface area contributed by atoms with Crippen LogP contribution in [0.2, 0.25) is 0 Å². The molecule has 3 heteroatoms. The van der Waals surface area contributed by atoms with E-state index >= 15 is 0 Å². The molecule has 0 aliphatic carbocycles. The van der Waals surface area contributed by atoms with Crippen LogP contribution in [0.4, 0.5) is 0 Å². The lowest BCUT2D eigenvalue weighted by Crippen LogP contribution is -2.27. The van der Waals surface area contributed by atoms with Gasteiger partial charge in [-0.1, -0.05) is 20.8 Å². The van der Waals surface area contributed by atoms with Gasteiger partial charge in [-0.05, 0) is 0 Å². The Labute approximate surface area is 79.2 Å². The van der Waals surface area contributed by atoms with Gasteiger partial charge in [0.2, 0.25) is 0 Å². The number of imidazole rings is 1. The summed E-state index contributed by atoms with van der Waals surface area (Å²) in [5.74, 6) is 1.18. The Morgan fingerprint density at radius 1 is 1.46 bits per heavy atom. The monoisotopic (exact) mass is 179 g/mol. The molecule has 0 atom stereocenters. The zero-order valence-electron chi connectivity index (χ0n) is 8.59. The molecule has 2 heterocycles. The molecule has 0 spiro atoms. The molecular formula is C10H17N3. The number of rotatable bonds is 0. The molecule has 0 fully saturated rings. The van der Waals surface area contributed by atoms with Crippen LogP contribution in [0.1, 0.15) is 32.3 Å². The lowest BCUT2D eigenvalue weighted by atomic mass is 9.93. The predicted molar refractivity (Wildman–Crippen MR) is 52.6 cm³/mol. The van der Waals surface area contributed by atoms with Crippen molar-refractivity contribution in [3.8, 4) is 0 Å². The van der Waals surface area contributed by atoms with Crippen molar-refractivity contribution in [2.45, 2.75) is 39.3 Å². The molecule has 1 aliphatic rings. The zero-order valence-corrected chi connectivity index (χ0v) is 8.59. The Balaban J connectivity index is 2.36. The number of nitrogens with one attached hydrogen (secondary N) is 1. The fourth-order valence-electron chi connectivity index (χ4n) is 1.55. The van der Waals surface area contributed by atoms with Gasteiger partial charge < -0.3 is 9.88 Å². The number of fused-ring (bicyclic) bond motifs is 1. The number of nitrogens with zero attached hydrogens (tertiary/aromatic N) is 2. The highest BCUT2D eigenvalue weighted by Crippen LogP contribution is 2.21. The van der Waals surface area contributed by atoms with Crippen LogP contribution in [0.5, 0.6) is 0 Å². The van der Waals surface area contributed by atoms with Crippen molar-refractivity contribution in [1.29, 1.82) is 0 Å². The molecule has 0 aromatic carbocycles. The van der Waals surface area contributed by atoms with Crippen molar-refractivity contribution in [1.82, 2.24) is 14.9 Å². The van der Waals surface area contributed by atoms with Crippen molar-refractivity contribution < 1.29 is 0 Å². The van der Waals surface area contributed by atoms with Gasteiger partial charge in [-0.2, -0.15) is 0 Å². The predicted octanol–water partition coefficient (Wildman–Crippen LogP) is 1.28. The van der Waals surface area contributed by atoms with E-state index in [-0.39, 0.29) is 5.41 Å². The van der Waals surface area contributed by atoms with Crippen molar-refractivity contribution in [3.63, 3.8) is 0 Å². The van der Waals surface area contributed by atoms with Gasteiger partial charge in [0.15, 0.2) is 0 Å². The third kappa shape index (κ3) is 1.61. The second-order valence-electron chi connectivity index (χ2n) is 4.66. The summed E-state index contributed by atoms with van der Waals surface area (Å²) in [6.45, 7) is 9.64. The first-order chi connectivity index (χ1) is 6.07. The van der Waals surface area contributed by atoms with Crippen molar-refractivity contribution >= 4 is 0 Å². The second-order valence-corrected chi connectivity index (χ2v) is 4.66. The van der Waals surface area contributed by atoms with Gasteiger partial charge in [0, 0.05) is 24.7 Å². The van der Waals surface area contributed by atoms with E-state index in [1.165, 1.54) is 11.5 Å². The summed E-state index contributed by atoms with van der Waals surface area (Å²) in [5, 5.41) is 3.32. The van der Waals surface area contributed by atoms with E-state index in [9.17, 15) is 0 Å². The summed E-state index contributed by atoms with van der Waals surface area (Å²) in [5.41, 5.74) is 1.37. The number of hydrogen-bond acceptors (Lipinski definition) is 2. The van der Waals surface area contributed by atoms with E-state index in [0.717, 1.165) is 19.6 Å². The van der Waals surface area contributed by atoms with E-state index in [1.807, 2.05) is 0 Å². The first kappa shape index (κ1) is 8.75. The normalized spacial score (nSPS) is 17.2. The Bertz CT molecular complexity index is 283. The van der Waals surface area contributed by atoms with Crippen molar-refractivity contribution in [2.75, 3.05) is 6.54 Å². The molecule has 1 aromatic rings. The van der Waals surface area contributed by atoms with E-state index in [4.69, 9.17) is 0 Å². The minimum atomic E-state index is 0.171. The summed E-state index contributed by atoms with van der Waals surface area (Å²) >= 11 is 0. The smallest absolute Gasteiger partial charge is 0.123 e. The summed E-state index contributed by atoms with van der Waals surface area (Å²) in [6, 6.07) is 0. The molecule has 0 saturated carbocycles. The third-order valence-electron chi connectivity index (χ3n) is 2.44. The zero-order chi connectivity index (χ0) is 9.47. The van der Waals surface area contributed by atoms with E-state index in [0.29, 0.717) is 0 Å². The lowest BCUT2D eigenvalue weighted by Gasteiger charge is -2.14. The van der Waals surface area contributed by atoms with Crippen LogP contribution in [-0.4, -0.2) is 16.1 Å². The molecule has 0 radical (unpaired) electrons. The average molecular weight is 179 g/mol. The molecule has 2 rings (SSSR count). The summed E-state index contributed by atoms with van der Waals surface area (Å²) < 4.78 is 2.26. The largest absolute Gasteiger partial charge is 0.332 e. The molecule has 0 saturated heterocycles. The maximum Gasteiger partial charge on any atom is 0.123 e. The van der Waals surface area contributed by atoms with Gasteiger partial charge in [-0.3, -0.25) is 0 Å². The Hall–Kier alpha value is -0.830. The molecule has 0 bridgehead atoms. The molecule has 1 aromatic heterocycles. The van der Waals surface area contributed by atoms with Gasteiger partial charge in [-0.15, -0.1) is 0 Å². The summed E-state index contributed by atoms with van der Waals surface area (Å²) in [4.78, 5) is 4.62. The minimum Gasteiger partial charge on any atom is -0.332 e. The van der Waals surface area contributed by atoms with Crippen molar-refractivity contribution in [2.24, 2.45) is 0 Å². The summed E-state index contributed by atoms with van der Waals surface area (Å²) in [7, 11) is 0. The van der Waals surface area contributed by atoms with Crippen LogP contribution in [0.15, 0.2) is 6.20 Å². The Morgan fingerprint density at radius 2 is 2.23 bits per heavy atom. The van der Waals surface area contributed by atoms with E-state index < -0.39 is 0 Å². The van der Waals surface area contributed by atoms with Crippen LogP contribution in [0.3, 0.4) is 0 Å². The average Bonchev–Trinajstić information content (AvgIpc) is 2.45. The van der Waals surface area contributed by atoms with Gasteiger partial charge in [-0.25, -0.2) is 4.98 Å². The van der Waals surface area contributed by atoms with Crippen LogP contribution in [0, 0.1) is 0 Å². The number of hydrogen-bond donors (Lipinski definition) is 1. The van der Waals surface area contributed by atoms with Gasteiger partial charge in [0.1, 0.15) is 5.82 Å². The molecule has 0 unspecified atom stereocenters. The van der Waals surface area contributed by atoms with Gasteiger partial charge >= 0.3 is 0 Å². The molecular weight excluding hydrogens is 162 g/mol. The first-order valence-corrected chi connectivity index (χ1v) is 4.84. The van der Waals surface area contributed by atoms with Crippen LogP contribution in [-0.2, 0) is 18.5 Å². The van der Waals surface area contributed by atoms with Crippen LogP contribution >= 0.6 is 0 Å². The molecule has 13 heavy (non-hydrogen) atoms. The Kier molecular flexibility index (Phi) is 1.91. The molecule has 72 valence electrons. The van der Waals surface area contributed by atoms with Crippen molar-refractivity contribution in [3.05, 3.63) is 17.7 Å². The van der Waals surface area contributed by atoms with Gasteiger partial charge in [0.25, 0.3) is 0 Å². The highest BCUT2D eigenvalue weighted by molar-refractivity contribution is 5.14. The fourth-order valence-corrected chi connectivity index (χ4v) is 1.55. The van der Waals surface area contributed by atoms with E-state index in [2.05, 4.69) is 41.8 Å². The molecule has 3 nitrogen and oxygen atoms in total. The maximum absolute atomic E-state index is 4.62. The van der Waals surface area contributed by atoms with Crippen LogP contribution in [0.25, 0.3) is 0 Å². The Morgan fingerprint density at radius 3 is 2.85 bits per heavy atom. The molecule has 0 amide bonds. The van der Waals surface area contributed by atoms with Crippen LogP contribution < -0.4 is 5.32 Å². The molecule has 1 aliphatic heterocycles. The highest BCUT2D eigenvalue weighted by Gasteiger charge is 2.20. The standard InChI is InChI=1S/C10H17N3/c1-10(2,3)8-7-13-5-4-11-6-9(13)12-8/h7,11H,4-6H2,1-3H3. The lowest BCUT2D eigenvalue weighted by molar-refractivity contribution is 0.505. The van der Waals surface area contributed by atoms with E-state index in [1.54, 1.807) is 0 Å². The summed E-state index contributed by atoms with van der Waals surface area (Å²) in [6.07, 6.45) is 2.19. The minimum absolute atomic E-state index is 0.171. The molecule has 1 N–H and O–H groups in total. The first-order valence-electron chi connectivity index (χ1n) is 4.84. The highest BCUT2D eigenvalue weighted by atomic mass is 15.1. The quantitative estimate of drug-likeness (QED) is 0.650. The SMILES string of the molecule is CC(C)(C)c1cn2c(n1)CNCC2. The fraction of sp³-hybridized carbons (Fsp3) is 0.700. The second kappa shape index (κ2) is 2.84. The topological polar surface area (TPSA) is 29.9 Å². The van der Waals surface area contributed by atoms with Gasteiger partial charge in [0.05, 0.1) is 12.2 Å².